The molecule has 0 bridgehead atoms. The number of pyridine rings is 1. The number of hydrogen-bond donors (Lipinski definition) is 1. The highest BCUT2D eigenvalue weighted by Crippen LogP contribution is 2.33. The van der Waals surface area contributed by atoms with Gasteiger partial charge < -0.3 is 5.73 Å². The maximum atomic E-state index is 13.3. The van der Waals surface area contributed by atoms with Gasteiger partial charge in [-0.2, -0.15) is 0 Å². The van der Waals surface area contributed by atoms with Crippen LogP contribution in [0.3, 0.4) is 0 Å². The fourth-order valence-corrected chi connectivity index (χ4v) is 4.68. The number of anilines is 1. The predicted octanol–water partition coefficient (Wildman–Crippen LogP) is 2.85. The molecular formula is C19H13N5O2S. The normalized spacial score (nSPS) is 12.1. The molecule has 2 N–H and O–H groups in total. The van der Waals surface area contributed by atoms with Crippen molar-refractivity contribution in [1.82, 2.24) is 19.4 Å². The van der Waals surface area contributed by atoms with E-state index in [9.17, 15) is 8.42 Å². The lowest BCUT2D eigenvalue weighted by Gasteiger charge is -2.10. The van der Waals surface area contributed by atoms with Crippen LogP contribution in [0.1, 0.15) is 0 Å². The second kappa shape index (κ2) is 5.49. The molecular weight excluding hydrogens is 362 g/mol. The van der Waals surface area contributed by atoms with Gasteiger partial charge in [-0.1, -0.05) is 30.3 Å². The van der Waals surface area contributed by atoms with Gasteiger partial charge in [0.1, 0.15) is 22.6 Å². The highest BCUT2D eigenvalue weighted by Gasteiger charge is 2.25. The predicted molar refractivity (Wildman–Crippen MR) is 102 cm³/mol. The standard InChI is InChI=1S/C19H13N5O2S/c20-18-16-17(21-11-22-18)15(27(25,26)12-6-2-1-3-7-12)10-24-14-9-5-4-8-13(14)23-19(16)24/h1-11H,(H2,20,21,22). The molecule has 0 amide bonds. The van der Waals surface area contributed by atoms with Crippen LogP contribution in [0.5, 0.6) is 0 Å². The number of aromatic nitrogens is 4. The number of sulfone groups is 1. The number of para-hydroxylation sites is 2. The van der Waals surface area contributed by atoms with E-state index >= 15 is 0 Å². The van der Waals surface area contributed by atoms with Gasteiger partial charge in [0.05, 0.1) is 21.3 Å². The summed E-state index contributed by atoms with van der Waals surface area (Å²) in [4.78, 5) is 13.1. The quantitative estimate of drug-likeness (QED) is 0.509. The molecule has 3 heterocycles. The Hall–Kier alpha value is -3.52. The molecule has 132 valence electrons. The van der Waals surface area contributed by atoms with Crippen molar-refractivity contribution in [2.45, 2.75) is 9.79 Å². The van der Waals surface area contributed by atoms with Gasteiger partial charge in [0.15, 0.2) is 5.65 Å². The van der Waals surface area contributed by atoms with Crippen molar-refractivity contribution in [3.8, 4) is 0 Å². The third-order valence-electron chi connectivity index (χ3n) is 4.52. The van der Waals surface area contributed by atoms with Crippen LogP contribution in [0, 0.1) is 0 Å². The van der Waals surface area contributed by atoms with Crippen molar-refractivity contribution < 1.29 is 8.42 Å². The van der Waals surface area contributed by atoms with Crippen molar-refractivity contribution >= 4 is 43.2 Å². The number of nitrogen functional groups attached to an aromatic ring is 1. The maximum absolute atomic E-state index is 13.3. The van der Waals surface area contributed by atoms with E-state index in [2.05, 4.69) is 15.0 Å². The van der Waals surface area contributed by atoms with E-state index in [-0.39, 0.29) is 21.1 Å². The molecule has 0 atom stereocenters. The summed E-state index contributed by atoms with van der Waals surface area (Å²) < 4.78 is 28.4. The molecule has 2 aromatic carbocycles. The average molecular weight is 375 g/mol. The fourth-order valence-electron chi connectivity index (χ4n) is 3.26. The number of rotatable bonds is 2. The minimum absolute atomic E-state index is 0.0634. The second-order valence-corrected chi connectivity index (χ2v) is 8.00. The summed E-state index contributed by atoms with van der Waals surface area (Å²) >= 11 is 0. The first kappa shape index (κ1) is 15.7. The number of nitrogens with zero attached hydrogens (tertiary/aromatic N) is 4. The summed E-state index contributed by atoms with van der Waals surface area (Å²) in [6.07, 6.45) is 2.82. The second-order valence-electron chi connectivity index (χ2n) is 6.09. The van der Waals surface area contributed by atoms with Crippen LogP contribution in [-0.4, -0.2) is 27.8 Å². The lowest BCUT2D eigenvalue weighted by Crippen LogP contribution is -2.07. The molecule has 0 saturated heterocycles. The van der Waals surface area contributed by atoms with Crippen molar-refractivity contribution in [1.29, 1.82) is 0 Å². The average Bonchev–Trinajstić information content (AvgIpc) is 3.06. The maximum Gasteiger partial charge on any atom is 0.210 e. The molecule has 5 rings (SSSR count). The summed E-state index contributed by atoms with van der Waals surface area (Å²) in [7, 11) is -3.81. The smallest absolute Gasteiger partial charge is 0.210 e. The van der Waals surface area contributed by atoms with Crippen molar-refractivity contribution in [2.75, 3.05) is 5.73 Å². The van der Waals surface area contributed by atoms with E-state index < -0.39 is 9.84 Å². The largest absolute Gasteiger partial charge is 0.383 e. The lowest BCUT2D eigenvalue weighted by molar-refractivity contribution is 0.596. The summed E-state index contributed by atoms with van der Waals surface area (Å²) in [6, 6.07) is 15.7. The van der Waals surface area contributed by atoms with Crippen LogP contribution in [0.4, 0.5) is 5.82 Å². The Morgan fingerprint density at radius 1 is 0.926 bits per heavy atom. The zero-order valence-electron chi connectivity index (χ0n) is 13.9. The summed E-state index contributed by atoms with van der Waals surface area (Å²) in [5.74, 6) is 0.186. The molecule has 0 radical (unpaired) electrons. The number of nitrogens with two attached hydrogens (primary N) is 1. The monoisotopic (exact) mass is 375 g/mol. The summed E-state index contributed by atoms with van der Waals surface area (Å²) in [5, 5.41) is 0.422. The van der Waals surface area contributed by atoms with Gasteiger partial charge in [0.2, 0.25) is 9.84 Å². The van der Waals surface area contributed by atoms with Crippen LogP contribution < -0.4 is 5.73 Å². The van der Waals surface area contributed by atoms with Crippen LogP contribution in [0.25, 0.3) is 27.6 Å². The molecule has 27 heavy (non-hydrogen) atoms. The molecule has 0 aliphatic carbocycles. The Morgan fingerprint density at radius 2 is 1.67 bits per heavy atom. The Bertz CT molecular complexity index is 1440. The van der Waals surface area contributed by atoms with Crippen molar-refractivity contribution in [2.24, 2.45) is 0 Å². The number of fused-ring (bicyclic) bond motifs is 5. The zero-order valence-corrected chi connectivity index (χ0v) is 14.8. The van der Waals surface area contributed by atoms with Crippen LogP contribution in [0.15, 0.2) is 76.9 Å². The summed E-state index contributed by atoms with van der Waals surface area (Å²) in [5.41, 5.74) is 8.39. The molecule has 0 spiro atoms. The van der Waals surface area contributed by atoms with Crippen LogP contribution in [0.2, 0.25) is 0 Å². The molecule has 0 unspecified atom stereocenters. The zero-order chi connectivity index (χ0) is 18.6. The first-order valence-corrected chi connectivity index (χ1v) is 9.66. The molecule has 8 heteroatoms. The van der Waals surface area contributed by atoms with E-state index in [0.717, 1.165) is 11.0 Å². The minimum atomic E-state index is -3.81. The molecule has 0 aliphatic rings. The first-order chi connectivity index (χ1) is 13.1. The molecule has 0 aliphatic heterocycles. The van der Waals surface area contributed by atoms with Crippen molar-refractivity contribution in [3.63, 3.8) is 0 Å². The van der Waals surface area contributed by atoms with Gasteiger partial charge in [-0.3, -0.25) is 4.40 Å². The van der Waals surface area contributed by atoms with E-state index in [1.54, 1.807) is 40.9 Å². The van der Waals surface area contributed by atoms with Gasteiger partial charge in [-0.15, -0.1) is 0 Å². The van der Waals surface area contributed by atoms with Gasteiger partial charge in [-0.05, 0) is 24.3 Å². The molecule has 0 saturated carbocycles. The Morgan fingerprint density at radius 3 is 2.48 bits per heavy atom. The van der Waals surface area contributed by atoms with E-state index in [0.29, 0.717) is 11.0 Å². The van der Waals surface area contributed by atoms with Gasteiger partial charge in [0.25, 0.3) is 0 Å². The Kier molecular flexibility index (Phi) is 3.19. The first-order valence-electron chi connectivity index (χ1n) is 8.17. The third kappa shape index (κ3) is 2.20. The Balaban J connectivity index is 2.01. The molecule has 5 aromatic rings. The van der Waals surface area contributed by atoms with Gasteiger partial charge in [-0.25, -0.2) is 23.4 Å². The van der Waals surface area contributed by atoms with Crippen molar-refractivity contribution in [3.05, 3.63) is 67.1 Å². The number of imidazole rings is 1. The van der Waals surface area contributed by atoms with Crippen LogP contribution in [-0.2, 0) is 9.84 Å². The Labute approximate surface area is 154 Å². The number of hydrogen-bond acceptors (Lipinski definition) is 6. The van der Waals surface area contributed by atoms with E-state index in [1.807, 2.05) is 24.3 Å². The fraction of sp³-hybridized carbons (Fsp3) is 0. The highest BCUT2D eigenvalue weighted by atomic mass is 32.2. The van der Waals surface area contributed by atoms with Gasteiger partial charge in [0, 0.05) is 6.20 Å². The van der Waals surface area contributed by atoms with Gasteiger partial charge >= 0.3 is 0 Å². The SMILES string of the molecule is Nc1ncnc2c(S(=O)(=O)c3ccccc3)cn3c4ccccc4nc3c12. The minimum Gasteiger partial charge on any atom is -0.383 e. The third-order valence-corrected chi connectivity index (χ3v) is 6.29. The molecule has 0 fully saturated rings. The molecule has 3 aromatic heterocycles. The highest BCUT2D eigenvalue weighted by molar-refractivity contribution is 7.91. The van der Waals surface area contributed by atoms with E-state index in [1.165, 1.54) is 6.33 Å². The topological polar surface area (TPSA) is 103 Å². The van der Waals surface area contributed by atoms with Crippen LogP contribution >= 0.6 is 0 Å². The number of benzene rings is 2. The lowest BCUT2D eigenvalue weighted by atomic mass is 10.3. The van der Waals surface area contributed by atoms with E-state index in [4.69, 9.17) is 5.73 Å². The summed E-state index contributed by atoms with van der Waals surface area (Å²) in [6.45, 7) is 0. The molecule has 7 nitrogen and oxygen atoms in total.